The molecule has 1 N–H and O–H groups in total. The SMILES string of the molecule is COC(=O)CNC(=O)COC(=O)c1cccc(Cl)c1. The summed E-state index contributed by atoms with van der Waals surface area (Å²) in [4.78, 5) is 33.5. The van der Waals surface area contributed by atoms with Crippen molar-refractivity contribution in [2.75, 3.05) is 20.3 Å². The number of esters is 2. The Morgan fingerprint density at radius 3 is 2.68 bits per heavy atom. The number of hydrogen-bond donors (Lipinski definition) is 1. The summed E-state index contributed by atoms with van der Waals surface area (Å²) in [5, 5.41) is 2.63. The molecule has 0 saturated heterocycles. The maximum absolute atomic E-state index is 11.5. The van der Waals surface area contributed by atoms with Crippen molar-refractivity contribution < 1.29 is 23.9 Å². The van der Waals surface area contributed by atoms with Crippen LogP contribution in [0.4, 0.5) is 0 Å². The van der Waals surface area contributed by atoms with E-state index in [1.807, 2.05) is 0 Å². The van der Waals surface area contributed by atoms with E-state index in [1.54, 1.807) is 12.1 Å². The van der Waals surface area contributed by atoms with Crippen molar-refractivity contribution in [1.29, 1.82) is 0 Å². The Bertz CT molecular complexity index is 489. The van der Waals surface area contributed by atoms with Crippen LogP contribution >= 0.6 is 11.6 Å². The van der Waals surface area contributed by atoms with Crippen molar-refractivity contribution in [3.05, 3.63) is 34.9 Å². The van der Waals surface area contributed by atoms with Gasteiger partial charge in [0.05, 0.1) is 12.7 Å². The second-order valence-corrected chi connectivity index (χ2v) is 3.88. The summed E-state index contributed by atoms with van der Waals surface area (Å²) in [5.74, 6) is -1.86. The molecule has 0 atom stereocenters. The molecule has 1 aromatic carbocycles. The predicted molar refractivity (Wildman–Crippen MR) is 66.8 cm³/mol. The van der Waals surface area contributed by atoms with Crippen molar-refractivity contribution in [1.82, 2.24) is 5.32 Å². The summed E-state index contributed by atoms with van der Waals surface area (Å²) in [6.07, 6.45) is 0. The van der Waals surface area contributed by atoms with E-state index in [-0.39, 0.29) is 12.1 Å². The van der Waals surface area contributed by atoms with Crippen LogP contribution in [0.5, 0.6) is 0 Å². The molecule has 102 valence electrons. The first kappa shape index (κ1) is 15.0. The largest absolute Gasteiger partial charge is 0.468 e. The van der Waals surface area contributed by atoms with E-state index < -0.39 is 24.5 Å². The molecular formula is C12H12ClNO5. The molecule has 0 radical (unpaired) electrons. The Hall–Kier alpha value is -2.08. The average Bonchev–Trinajstić information content (AvgIpc) is 2.41. The first-order valence-corrected chi connectivity index (χ1v) is 5.67. The molecular weight excluding hydrogens is 274 g/mol. The van der Waals surface area contributed by atoms with Crippen LogP contribution in [-0.2, 0) is 19.1 Å². The topological polar surface area (TPSA) is 81.7 Å². The van der Waals surface area contributed by atoms with E-state index in [0.29, 0.717) is 5.02 Å². The first-order chi connectivity index (χ1) is 9.02. The van der Waals surface area contributed by atoms with Gasteiger partial charge in [0.25, 0.3) is 5.91 Å². The van der Waals surface area contributed by atoms with Crippen molar-refractivity contribution in [3.8, 4) is 0 Å². The van der Waals surface area contributed by atoms with Crippen molar-refractivity contribution >= 4 is 29.4 Å². The van der Waals surface area contributed by atoms with Gasteiger partial charge in [0.1, 0.15) is 6.54 Å². The van der Waals surface area contributed by atoms with Crippen LogP contribution in [0.2, 0.25) is 5.02 Å². The molecule has 6 nitrogen and oxygen atoms in total. The maximum Gasteiger partial charge on any atom is 0.338 e. The number of carbonyl (C=O) groups is 3. The smallest absolute Gasteiger partial charge is 0.338 e. The van der Waals surface area contributed by atoms with Crippen LogP contribution in [0.1, 0.15) is 10.4 Å². The lowest BCUT2D eigenvalue weighted by Gasteiger charge is -2.05. The van der Waals surface area contributed by atoms with Gasteiger partial charge in [-0.1, -0.05) is 17.7 Å². The van der Waals surface area contributed by atoms with Gasteiger partial charge >= 0.3 is 11.9 Å². The van der Waals surface area contributed by atoms with E-state index >= 15 is 0 Å². The van der Waals surface area contributed by atoms with Gasteiger partial charge in [0, 0.05) is 5.02 Å². The van der Waals surface area contributed by atoms with Crippen LogP contribution in [0.25, 0.3) is 0 Å². The van der Waals surface area contributed by atoms with Crippen molar-refractivity contribution in [2.24, 2.45) is 0 Å². The Morgan fingerprint density at radius 1 is 1.32 bits per heavy atom. The van der Waals surface area contributed by atoms with E-state index in [4.69, 9.17) is 16.3 Å². The number of hydrogen-bond acceptors (Lipinski definition) is 5. The second kappa shape index (κ2) is 7.38. The molecule has 0 aliphatic carbocycles. The van der Waals surface area contributed by atoms with Gasteiger partial charge in [0.15, 0.2) is 6.61 Å². The van der Waals surface area contributed by atoms with Crippen LogP contribution in [-0.4, -0.2) is 38.1 Å². The molecule has 1 rings (SSSR count). The van der Waals surface area contributed by atoms with Crippen molar-refractivity contribution in [3.63, 3.8) is 0 Å². The molecule has 0 unspecified atom stereocenters. The van der Waals surface area contributed by atoms with E-state index in [0.717, 1.165) is 0 Å². The minimum absolute atomic E-state index is 0.244. The summed E-state index contributed by atoms with van der Waals surface area (Å²) in [6.45, 7) is -0.758. The number of rotatable bonds is 5. The normalized spacial score (nSPS) is 9.58. The highest BCUT2D eigenvalue weighted by Gasteiger charge is 2.11. The molecule has 1 amide bonds. The Kier molecular flexibility index (Phi) is 5.81. The third-order valence-electron chi connectivity index (χ3n) is 2.05. The standard InChI is InChI=1S/C12H12ClNO5/c1-18-11(16)6-14-10(15)7-19-12(17)8-3-2-4-9(13)5-8/h2-5H,6-7H2,1H3,(H,14,15). The average molecular weight is 286 g/mol. The summed E-state index contributed by atoms with van der Waals surface area (Å²) in [7, 11) is 1.20. The van der Waals surface area contributed by atoms with Gasteiger partial charge in [0.2, 0.25) is 0 Å². The van der Waals surface area contributed by atoms with E-state index in [9.17, 15) is 14.4 Å². The highest BCUT2D eigenvalue weighted by atomic mass is 35.5. The fraction of sp³-hybridized carbons (Fsp3) is 0.250. The zero-order chi connectivity index (χ0) is 14.3. The highest BCUT2D eigenvalue weighted by Crippen LogP contribution is 2.11. The predicted octanol–water partition coefficient (Wildman–Crippen LogP) is 0.786. The van der Waals surface area contributed by atoms with Crippen molar-refractivity contribution in [2.45, 2.75) is 0 Å². The monoisotopic (exact) mass is 285 g/mol. The van der Waals surface area contributed by atoms with Crippen LogP contribution in [0.3, 0.4) is 0 Å². The minimum atomic E-state index is -0.671. The third kappa shape index (κ3) is 5.39. The molecule has 0 fully saturated rings. The number of methoxy groups -OCH3 is 1. The molecule has 7 heteroatoms. The van der Waals surface area contributed by atoms with E-state index in [2.05, 4.69) is 10.1 Å². The number of halogens is 1. The molecule has 0 saturated carbocycles. The summed E-state index contributed by atoms with van der Waals surface area (Å²) < 4.78 is 9.08. The molecule has 0 aliphatic heterocycles. The van der Waals surface area contributed by atoms with Gasteiger partial charge in [-0.25, -0.2) is 4.79 Å². The quantitative estimate of drug-likeness (QED) is 0.809. The van der Waals surface area contributed by atoms with Crippen LogP contribution < -0.4 is 5.32 Å². The lowest BCUT2D eigenvalue weighted by Crippen LogP contribution is -2.33. The van der Waals surface area contributed by atoms with Gasteiger partial charge in [-0.2, -0.15) is 0 Å². The number of nitrogens with one attached hydrogen (secondary N) is 1. The summed E-state index contributed by atoms with van der Waals surface area (Å²) in [6, 6.07) is 6.15. The highest BCUT2D eigenvalue weighted by molar-refractivity contribution is 6.30. The second-order valence-electron chi connectivity index (χ2n) is 3.44. The molecule has 1 aromatic rings. The Balaban J connectivity index is 2.38. The Labute approximate surface area is 114 Å². The number of ether oxygens (including phenoxy) is 2. The number of carbonyl (C=O) groups excluding carboxylic acids is 3. The third-order valence-corrected chi connectivity index (χ3v) is 2.29. The van der Waals surface area contributed by atoms with Gasteiger partial charge in [-0.15, -0.1) is 0 Å². The molecule has 0 spiro atoms. The zero-order valence-corrected chi connectivity index (χ0v) is 10.9. The minimum Gasteiger partial charge on any atom is -0.468 e. The van der Waals surface area contributed by atoms with Gasteiger partial charge in [-0.3, -0.25) is 9.59 Å². The molecule has 19 heavy (non-hydrogen) atoms. The Morgan fingerprint density at radius 2 is 2.05 bits per heavy atom. The van der Waals surface area contributed by atoms with Crippen LogP contribution in [0, 0.1) is 0 Å². The lowest BCUT2D eigenvalue weighted by molar-refractivity contribution is -0.141. The fourth-order valence-corrected chi connectivity index (χ4v) is 1.31. The first-order valence-electron chi connectivity index (χ1n) is 5.29. The van der Waals surface area contributed by atoms with Crippen LogP contribution in [0.15, 0.2) is 24.3 Å². The number of benzene rings is 1. The van der Waals surface area contributed by atoms with E-state index in [1.165, 1.54) is 19.2 Å². The summed E-state index contributed by atoms with van der Waals surface area (Å²) >= 11 is 5.71. The van der Waals surface area contributed by atoms with Gasteiger partial charge in [-0.05, 0) is 18.2 Å². The number of amides is 1. The van der Waals surface area contributed by atoms with Gasteiger partial charge < -0.3 is 14.8 Å². The molecule has 0 heterocycles. The lowest BCUT2D eigenvalue weighted by atomic mass is 10.2. The summed E-state index contributed by atoms with van der Waals surface area (Å²) in [5.41, 5.74) is 0.244. The molecule has 0 aliphatic rings. The molecule has 0 bridgehead atoms. The molecule has 0 aromatic heterocycles. The maximum atomic E-state index is 11.5. The fourth-order valence-electron chi connectivity index (χ4n) is 1.12. The zero-order valence-electron chi connectivity index (χ0n) is 10.1.